The highest BCUT2D eigenvalue weighted by Gasteiger charge is 2.10. The number of hydrogen-bond acceptors (Lipinski definition) is 3. The van der Waals surface area contributed by atoms with Crippen LogP contribution in [-0.4, -0.2) is 29.0 Å². The number of carbonyl (C=O) groups excluding carboxylic acids is 1. The first kappa shape index (κ1) is 18.3. The first-order chi connectivity index (χ1) is 11.5. The van der Waals surface area contributed by atoms with Gasteiger partial charge in [-0.1, -0.05) is 49.7 Å². The van der Waals surface area contributed by atoms with Gasteiger partial charge in [0, 0.05) is 18.7 Å². The number of phenols is 1. The zero-order valence-electron chi connectivity index (χ0n) is 14.1. The molecule has 0 saturated heterocycles. The summed E-state index contributed by atoms with van der Waals surface area (Å²) in [5.41, 5.74) is 2.74. The maximum absolute atomic E-state index is 12.3. The Balaban J connectivity index is 2.06. The molecule has 0 radical (unpaired) electrons. The Morgan fingerprint density at radius 3 is 2.42 bits per heavy atom. The molecule has 2 aromatic rings. The lowest BCUT2D eigenvalue weighted by Gasteiger charge is -2.20. The van der Waals surface area contributed by atoms with Crippen LogP contribution in [-0.2, 0) is 13.1 Å². The summed E-state index contributed by atoms with van der Waals surface area (Å²) in [5, 5.41) is 12.5. The predicted molar refractivity (Wildman–Crippen MR) is 97.4 cm³/mol. The zero-order valence-corrected chi connectivity index (χ0v) is 14.8. The minimum Gasteiger partial charge on any atom is -0.506 e. The summed E-state index contributed by atoms with van der Waals surface area (Å²) >= 11 is 5.85. The highest BCUT2D eigenvalue weighted by Crippen LogP contribution is 2.23. The normalized spacial score (nSPS) is 10.8. The van der Waals surface area contributed by atoms with Crippen LogP contribution in [0.4, 0.5) is 0 Å². The van der Waals surface area contributed by atoms with Gasteiger partial charge in [0.25, 0.3) is 5.91 Å². The van der Waals surface area contributed by atoms with Gasteiger partial charge in [-0.3, -0.25) is 9.69 Å². The second-order valence-electron chi connectivity index (χ2n) is 5.58. The van der Waals surface area contributed by atoms with E-state index in [0.717, 1.165) is 25.2 Å². The molecule has 0 bridgehead atoms. The Hall–Kier alpha value is -2.04. The molecule has 0 atom stereocenters. The summed E-state index contributed by atoms with van der Waals surface area (Å²) in [6, 6.07) is 12.6. The van der Waals surface area contributed by atoms with E-state index in [1.165, 1.54) is 17.7 Å². The van der Waals surface area contributed by atoms with Gasteiger partial charge in [-0.15, -0.1) is 0 Å². The second kappa shape index (κ2) is 8.71. The number of benzene rings is 2. The molecule has 0 spiro atoms. The minimum absolute atomic E-state index is 0.0298. The van der Waals surface area contributed by atoms with Gasteiger partial charge in [-0.05, 0) is 42.4 Å². The van der Waals surface area contributed by atoms with Gasteiger partial charge < -0.3 is 10.4 Å². The number of carbonyl (C=O) groups is 1. The number of aromatic hydroxyl groups is 1. The molecule has 0 saturated carbocycles. The zero-order chi connectivity index (χ0) is 17.5. The standard InChI is InChI=1S/C19H23ClN2O2/c1-3-22(4-2)13-16-8-6-5-7-15(16)12-21-19(24)14-9-10-18(23)17(20)11-14/h5-11,23H,3-4,12-13H2,1-2H3,(H,21,24). The number of rotatable bonds is 7. The molecule has 2 N–H and O–H groups in total. The summed E-state index contributed by atoms with van der Waals surface area (Å²) in [7, 11) is 0. The molecular weight excluding hydrogens is 324 g/mol. The van der Waals surface area contributed by atoms with Crippen molar-refractivity contribution < 1.29 is 9.90 Å². The summed E-state index contributed by atoms with van der Waals surface area (Å²) in [6.07, 6.45) is 0. The van der Waals surface area contributed by atoms with E-state index in [-0.39, 0.29) is 16.7 Å². The van der Waals surface area contributed by atoms with Gasteiger partial charge in [0.2, 0.25) is 0 Å². The van der Waals surface area contributed by atoms with Crippen LogP contribution < -0.4 is 5.32 Å². The van der Waals surface area contributed by atoms with E-state index in [4.69, 9.17) is 11.6 Å². The monoisotopic (exact) mass is 346 g/mol. The lowest BCUT2D eigenvalue weighted by atomic mass is 10.1. The molecule has 128 valence electrons. The Kier molecular flexibility index (Phi) is 6.64. The molecule has 0 aliphatic carbocycles. The first-order valence-corrected chi connectivity index (χ1v) is 8.48. The Morgan fingerprint density at radius 2 is 1.79 bits per heavy atom. The Labute approximate surface area is 148 Å². The van der Waals surface area contributed by atoms with Crippen LogP contribution in [0.2, 0.25) is 5.02 Å². The molecule has 2 aromatic carbocycles. The Bertz CT molecular complexity index is 700. The van der Waals surface area contributed by atoms with E-state index in [1.807, 2.05) is 18.2 Å². The first-order valence-electron chi connectivity index (χ1n) is 8.11. The molecule has 0 aromatic heterocycles. The second-order valence-corrected chi connectivity index (χ2v) is 5.99. The van der Waals surface area contributed by atoms with Crippen molar-refractivity contribution >= 4 is 17.5 Å². The van der Waals surface area contributed by atoms with Gasteiger partial charge in [0.05, 0.1) is 5.02 Å². The number of hydrogen-bond donors (Lipinski definition) is 2. The van der Waals surface area contributed by atoms with Gasteiger partial charge in [0.15, 0.2) is 0 Å². The molecule has 24 heavy (non-hydrogen) atoms. The van der Waals surface area contributed by atoms with Crippen molar-refractivity contribution in [2.75, 3.05) is 13.1 Å². The third-order valence-corrected chi connectivity index (χ3v) is 4.36. The topological polar surface area (TPSA) is 52.6 Å². The van der Waals surface area contributed by atoms with Gasteiger partial charge in [-0.2, -0.15) is 0 Å². The average molecular weight is 347 g/mol. The largest absolute Gasteiger partial charge is 0.506 e. The number of nitrogens with zero attached hydrogens (tertiary/aromatic N) is 1. The third kappa shape index (κ3) is 4.73. The smallest absolute Gasteiger partial charge is 0.251 e. The van der Waals surface area contributed by atoms with Crippen molar-refractivity contribution in [2.24, 2.45) is 0 Å². The molecule has 5 heteroatoms. The fourth-order valence-electron chi connectivity index (χ4n) is 2.50. The minimum atomic E-state index is -0.213. The lowest BCUT2D eigenvalue weighted by Crippen LogP contribution is -2.26. The van der Waals surface area contributed by atoms with Crippen LogP contribution >= 0.6 is 11.6 Å². The molecule has 0 heterocycles. The van der Waals surface area contributed by atoms with Gasteiger partial charge in [-0.25, -0.2) is 0 Å². The highest BCUT2D eigenvalue weighted by molar-refractivity contribution is 6.32. The van der Waals surface area contributed by atoms with Crippen LogP contribution in [0.3, 0.4) is 0 Å². The number of nitrogens with one attached hydrogen (secondary N) is 1. The van der Waals surface area contributed by atoms with Crippen LogP contribution in [0.1, 0.15) is 35.3 Å². The van der Waals surface area contributed by atoms with E-state index in [0.29, 0.717) is 12.1 Å². The maximum atomic E-state index is 12.3. The lowest BCUT2D eigenvalue weighted by molar-refractivity contribution is 0.0950. The SMILES string of the molecule is CCN(CC)Cc1ccccc1CNC(=O)c1ccc(O)c(Cl)c1. The molecule has 0 aliphatic rings. The highest BCUT2D eigenvalue weighted by atomic mass is 35.5. The van der Waals surface area contributed by atoms with Gasteiger partial charge in [0.1, 0.15) is 5.75 Å². The summed E-state index contributed by atoms with van der Waals surface area (Å²) in [4.78, 5) is 14.6. The molecule has 4 nitrogen and oxygen atoms in total. The van der Waals surface area contributed by atoms with Crippen LogP contribution in [0.5, 0.6) is 5.75 Å². The summed E-state index contributed by atoms with van der Waals surface area (Å²) in [5.74, 6) is -0.243. The van der Waals surface area contributed by atoms with Gasteiger partial charge >= 0.3 is 0 Å². The van der Waals surface area contributed by atoms with Crippen molar-refractivity contribution in [1.82, 2.24) is 10.2 Å². The average Bonchev–Trinajstić information content (AvgIpc) is 2.60. The summed E-state index contributed by atoms with van der Waals surface area (Å²) in [6.45, 7) is 7.58. The van der Waals surface area contributed by atoms with Crippen LogP contribution in [0, 0.1) is 0 Å². The molecule has 1 amide bonds. The molecular formula is C19H23ClN2O2. The van der Waals surface area contributed by atoms with Crippen LogP contribution in [0.15, 0.2) is 42.5 Å². The van der Waals surface area contributed by atoms with E-state index in [1.54, 1.807) is 6.07 Å². The Morgan fingerprint density at radius 1 is 1.12 bits per heavy atom. The van der Waals surface area contributed by atoms with Crippen LogP contribution in [0.25, 0.3) is 0 Å². The number of phenolic OH excluding ortho intramolecular Hbond substituents is 1. The molecule has 2 rings (SSSR count). The van der Waals surface area contributed by atoms with Crippen molar-refractivity contribution in [1.29, 1.82) is 0 Å². The fraction of sp³-hybridized carbons (Fsp3) is 0.316. The number of halogens is 1. The number of amides is 1. The van der Waals surface area contributed by atoms with E-state index >= 15 is 0 Å². The molecule has 0 aliphatic heterocycles. The van der Waals surface area contributed by atoms with E-state index in [2.05, 4.69) is 30.1 Å². The summed E-state index contributed by atoms with van der Waals surface area (Å²) < 4.78 is 0. The fourth-order valence-corrected chi connectivity index (χ4v) is 2.68. The molecule has 0 unspecified atom stereocenters. The maximum Gasteiger partial charge on any atom is 0.251 e. The van der Waals surface area contributed by atoms with Crippen molar-refractivity contribution in [3.63, 3.8) is 0 Å². The van der Waals surface area contributed by atoms with E-state index < -0.39 is 0 Å². The van der Waals surface area contributed by atoms with E-state index in [9.17, 15) is 9.90 Å². The van der Waals surface area contributed by atoms with Crippen molar-refractivity contribution in [2.45, 2.75) is 26.9 Å². The third-order valence-electron chi connectivity index (χ3n) is 4.06. The van der Waals surface area contributed by atoms with Crippen molar-refractivity contribution in [3.8, 4) is 5.75 Å². The van der Waals surface area contributed by atoms with Crippen molar-refractivity contribution in [3.05, 3.63) is 64.2 Å². The quantitative estimate of drug-likeness (QED) is 0.801. The molecule has 0 fully saturated rings. The predicted octanol–water partition coefficient (Wildman–Crippen LogP) is 3.82.